The van der Waals surface area contributed by atoms with E-state index < -0.39 is 18.0 Å². The molecule has 8 nitrogen and oxygen atoms in total. The molecule has 8 heteroatoms. The van der Waals surface area contributed by atoms with E-state index in [2.05, 4.69) is 10.6 Å². The summed E-state index contributed by atoms with van der Waals surface area (Å²) in [5, 5.41) is 4.63. The van der Waals surface area contributed by atoms with Gasteiger partial charge in [0.2, 0.25) is 5.91 Å². The largest absolute Gasteiger partial charge is 0.493 e. The number of rotatable bonds is 7. The first kappa shape index (κ1) is 18.6. The maximum Gasteiger partial charge on any atom is 0.322 e. The van der Waals surface area contributed by atoms with Gasteiger partial charge in [-0.3, -0.25) is 14.9 Å². The molecular formula is C17H23N3O5. The lowest BCUT2D eigenvalue weighted by Gasteiger charge is -2.20. The summed E-state index contributed by atoms with van der Waals surface area (Å²) in [4.78, 5) is 36.5. The molecule has 0 radical (unpaired) electrons. The van der Waals surface area contributed by atoms with Crippen LogP contribution in [0.2, 0.25) is 0 Å². The van der Waals surface area contributed by atoms with E-state index in [1.807, 2.05) is 19.1 Å². The number of ether oxygens (including phenoxy) is 2. The SMILES string of the molecule is COc1cc(C)c(CN(C)C(=O)CC[C@@H]2NC(=O)NC2=O)cc1OC. The first-order valence-electron chi connectivity index (χ1n) is 7.92. The van der Waals surface area contributed by atoms with E-state index in [1.54, 1.807) is 26.2 Å². The highest BCUT2D eigenvalue weighted by molar-refractivity contribution is 6.04. The fraction of sp³-hybridized carbons (Fsp3) is 0.471. The lowest BCUT2D eigenvalue weighted by atomic mass is 10.1. The van der Waals surface area contributed by atoms with Crippen LogP contribution in [0.5, 0.6) is 11.5 Å². The van der Waals surface area contributed by atoms with Gasteiger partial charge < -0.3 is 19.7 Å². The van der Waals surface area contributed by atoms with Crippen molar-refractivity contribution in [3.8, 4) is 11.5 Å². The topological polar surface area (TPSA) is 97.0 Å². The van der Waals surface area contributed by atoms with Gasteiger partial charge in [-0.25, -0.2) is 4.79 Å². The van der Waals surface area contributed by atoms with E-state index in [0.717, 1.165) is 11.1 Å². The monoisotopic (exact) mass is 349 g/mol. The van der Waals surface area contributed by atoms with Crippen LogP contribution in [0.4, 0.5) is 4.79 Å². The van der Waals surface area contributed by atoms with Crippen LogP contribution in [0.15, 0.2) is 12.1 Å². The molecule has 1 aromatic carbocycles. The van der Waals surface area contributed by atoms with Crippen LogP contribution in [0.3, 0.4) is 0 Å². The summed E-state index contributed by atoms with van der Waals surface area (Å²) in [7, 11) is 4.84. The molecule has 0 aliphatic carbocycles. The Morgan fingerprint density at radius 2 is 1.84 bits per heavy atom. The number of nitrogens with one attached hydrogen (secondary N) is 2. The molecule has 4 amide bonds. The van der Waals surface area contributed by atoms with Gasteiger partial charge in [-0.2, -0.15) is 0 Å². The third kappa shape index (κ3) is 4.40. The molecule has 136 valence electrons. The zero-order valence-electron chi connectivity index (χ0n) is 14.8. The maximum atomic E-state index is 12.3. The lowest BCUT2D eigenvalue weighted by molar-refractivity contribution is -0.130. The molecular weight excluding hydrogens is 326 g/mol. The Balaban J connectivity index is 1.97. The Hall–Kier alpha value is -2.77. The van der Waals surface area contributed by atoms with Gasteiger partial charge in [0, 0.05) is 20.0 Å². The molecule has 0 saturated carbocycles. The molecule has 1 atom stereocenters. The Morgan fingerprint density at radius 1 is 1.20 bits per heavy atom. The number of amides is 4. The van der Waals surface area contributed by atoms with Crippen LogP contribution in [0.1, 0.15) is 24.0 Å². The molecule has 0 bridgehead atoms. The molecule has 0 aromatic heterocycles. The van der Waals surface area contributed by atoms with Gasteiger partial charge in [0.15, 0.2) is 11.5 Å². The average Bonchev–Trinajstić information content (AvgIpc) is 2.91. The summed E-state index contributed by atoms with van der Waals surface area (Å²) in [6.45, 7) is 2.35. The number of urea groups is 1. The molecule has 2 N–H and O–H groups in total. The van der Waals surface area contributed by atoms with Crippen molar-refractivity contribution in [1.82, 2.24) is 15.5 Å². The Labute approximate surface area is 146 Å². The standard InChI is InChI=1S/C17H23N3O5/c1-10-7-13(24-3)14(25-4)8-11(10)9-20(2)15(21)6-5-12-16(22)19-17(23)18-12/h7-8,12H,5-6,9H2,1-4H3,(H2,18,19,22,23)/t12-/m0/s1. The lowest BCUT2D eigenvalue weighted by Crippen LogP contribution is -2.32. The number of hydrogen-bond acceptors (Lipinski definition) is 5. The van der Waals surface area contributed by atoms with E-state index in [1.165, 1.54) is 0 Å². The minimum atomic E-state index is -0.646. The second kappa shape index (κ2) is 7.87. The van der Waals surface area contributed by atoms with Crippen LogP contribution >= 0.6 is 0 Å². The van der Waals surface area contributed by atoms with Gasteiger partial charge in [-0.1, -0.05) is 0 Å². The average molecular weight is 349 g/mol. The van der Waals surface area contributed by atoms with Crippen molar-refractivity contribution in [2.75, 3.05) is 21.3 Å². The van der Waals surface area contributed by atoms with Gasteiger partial charge in [0.1, 0.15) is 6.04 Å². The van der Waals surface area contributed by atoms with Gasteiger partial charge in [0.25, 0.3) is 5.91 Å². The van der Waals surface area contributed by atoms with Crippen molar-refractivity contribution < 1.29 is 23.9 Å². The Kier molecular flexibility index (Phi) is 5.84. The molecule has 1 aromatic rings. The van der Waals surface area contributed by atoms with Crippen LogP contribution in [-0.4, -0.2) is 50.1 Å². The van der Waals surface area contributed by atoms with Crippen molar-refractivity contribution in [2.24, 2.45) is 0 Å². The quantitative estimate of drug-likeness (QED) is 0.715. The molecule has 1 heterocycles. The fourth-order valence-electron chi connectivity index (χ4n) is 2.66. The van der Waals surface area contributed by atoms with E-state index in [0.29, 0.717) is 18.0 Å². The van der Waals surface area contributed by atoms with Crippen molar-refractivity contribution in [3.05, 3.63) is 23.3 Å². The zero-order valence-corrected chi connectivity index (χ0v) is 14.8. The third-order valence-electron chi connectivity index (χ3n) is 4.18. The van der Waals surface area contributed by atoms with Crippen molar-refractivity contribution >= 4 is 17.8 Å². The summed E-state index contributed by atoms with van der Waals surface area (Å²) in [5.74, 6) is 0.745. The predicted octanol–water partition coefficient (Wildman–Crippen LogP) is 0.959. The molecule has 1 aliphatic rings. The number of benzene rings is 1. The normalized spacial score (nSPS) is 16.2. The molecule has 25 heavy (non-hydrogen) atoms. The van der Waals surface area contributed by atoms with Gasteiger partial charge in [-0.05, 0) is 36.6 Å². The second-order valence-electron chi connectivity index (χ2n) is 5.94. The molecule has 1 saturated heterocycles. The predicted molar refractivity (Wildman–Crippen MR) is 90.5 cm³/mol. The summed E-state index contributed by atoms with van der Waals surface area (Å²) in [6, 6.07) is 2.55. The number of carbonyl (C=O) groups is 3. The summed E-state index contributed by atoms with van der Waals surface area (Å²) >= 11 is 0. The fourth-order valence-corrected chi connectivity index (χ4v) is 2.66. The summed E-state index contributed by atoms with van der Waals surface area (Å²) in [5.41, 5.74) is 1.93. The van der Waals surface area contributed by atoms with Crippen LogP contribution in [-0.2, 0) is 16.1 Å². The van der Waals surface area contributed by atoms with E-state index in [9.17, 15) is 14.4 Å². The number of hydrogen-bond donors (Lipinski definition) is 2. The first-order chi connectivity index (χ1) is 11.8. The highest BCUT2D eigenvalue weighted by atomic mass is 16.5. The van der Waals surface area contributed by atoms with E-state index in [-0.39, 0.29) is 18.7 Å². The molecule has 0 unspecified atom stereocenters. The Bertz CT molecular complexity index is 689. The van der Waals surface area contributed by atoms with Crippen LogP contribution < -0.4 is 20.1 Å². The molecule has 1 aliphatic heterocycles. The first-order valence-corrected chi connectivity index (χ1v) is 7.92. The van der Waals surface area contributed by atoms with Crippen molar-refractivity contribution in [2.45, 2.75) is 32.4 Å². The molecule has 1 fully saturated rings. The second-order valence-corrected chi connectivity index (χ2v) is 5.94. The maximum absolute atomic E-state index is 12.3. The minimum absolute atomic E-state index is 0.108. The number of methoxy groups -OCH3 is 2. The number of carbonyl (C=O) groups excluding carboxylic acids is 3. The molecule has 0 spiro atoms. The third-order valence-corrected chi connectivity index (χ3v) is 4.18. The van der Waals surface area contributed by atoms with Crippen molar-refractivity contribution in [3.63, 3.8) is 0 Å². The highest BCUT2D eigenvalue weighted by Gasteiger charge is 2.29. The number of imide groups is 1. The summed E-state index contributed by atoms with van der Waals surface area (Å²) < 4.78 is 10.6. The minimum Gasteiger partial charge on any atom is -0.493 e. The van der Waals surface area contributed by atoms with Gasteiger partial charge in [-0.15, -0.1) is 0 Å². The Morgan fingerprint density at radius 3 is 2.40 bits per heavy atom. The van der Waals surface area contributed by atoms with E-state index >= 15 is 0 Å². The van der Waals surface area contributed by atoms with Crippen LogP contribution in [0, 0.1) is 6.92 Å². The summed E-state index contributed by atoms with van der Waals surface area (Å²) in [6.07, 6.45) is 0.437. The van der Waals surface area contributed by atoms with Crippen molar-refractivity contribution in [1.29, 1.82) is 0 Å². The van der Waals surface area contributed by atoms with Gasteiger partial charge >= 0.3 is 6.03 Å². The molecule has 2 rings (SSSR count). The van der Waals surface area contributed by atoms with E-state index in [4.69, 9.17) is 9.47 Å². The van der Waals surface area contributed by atoms with Crippen LogP contribution in [0.25, 0.3) is 0 Å². The smallest absolute Gasteiger partial charge is 0.322 e. The highest BCUT2D eigenvalue weighted by Crippen LogP contribution is 2.30. The zero-order chi connectivity index (χ0) is 18.6. The number of aryl methyl sites for hydroxylation is 1. The van der Waals surface area contributed by atoms with Gasteiger partial charge in [0.05, 0.1) is 14.2 Å². The number of nitrogens with zero attached hydrogens (tertiary/aromatic N) is 1.